The average molecular weight is 1870 g/mol. The Hall–Kier alpha value is -18.8. The molecule has 0 spiro atoms. The number of rotatable bonds is 14. The number of fused-ring (bicyclic) bond motifs is 24. The van der Waals surface area contributed by atoms with Crippen molar-refractivity contribution >= 4 is 166 Å². The molecule has 0 atom stereocenters. The summed E-state index contributed by atoms with van der Waals surface area (Å²) in [5.74, 6) is 0. The molecule has 28 aromatic rings. The topological polar surface area (TPSA) is 85.3 Å². The summed E-state index contributed by atoms with van der Waals surface area (Å²) in [7, 11) is 0. The van der Waals surface area contributed by atoms with Gasteiger partial charge in [-0.1, -0.05) is 307 Å². The van der Waals surface area contributed by atoms with Crippen LogP contribution in [0.2, 0.25) is 0 Å². The number of para-hydroxylation sites is 6. The van der Waals surface area contributed by atoms with Gasteiger partial charge in [-0.05, 0) is 328 Å². The molecule has 0 radical (unpaired) electrons. The van der Waals surface area contributed by atoms with Crippen LogP contribution >= 0.6 is 0 Å². The van der Waals surface area contributed by atoms with Crippen molar-refractivity contribution in [2.75, 3.05) is 9.80 Å². The Morgan fingerprint density at radius 2 is 0.301 bits per heavy atom. The van der Waals surface area contributed by atoms with Gasteiger partial charge in [0.2, 0.25) is 0 Å². The zero-order valence-electron chi connectivity index (χ0n) is 80.4. The summed E-state index contributed by atoms with van der Waals surface area (Å²) in [5.41, 5.74) is 45.7. The molecule has 8 heteroatoms. The van der Waals surface area contributed by atoms with Crippen molar-refractivity contribution in [3.8, 4) is 111 Å². The number of nitrogens with zero attached hydrogens (tertiary/aromatic N) is 2. The second-order valence-corrected chi connectivity index (χ2v) is 40.1. The quantitative estimate of drug-likeness (QED) is 0.106. The molecule has 8 nitrogen and oxygen atoms in total. The first-order chi connectivity index (χ1) is 71.7. The van der Waals surface area contributed by atoms with E-state index >= 15 is 0 Å². The third-order valence-corrected chi connectivity index (χ3v) is 31.0. The maximum absolute atomic E-state index is 6.35. The third kappa shape index (κ3) is 13.9. The molecule has 30 rings (SSSR count). The summed E-state index contributed by atoms with van der Waals surface area (Å²) in [6.07, 6.45) is 0. The van der Waals surface area contributed by atoms with Crippen LogP contribution in [0.15, 0.2) is 500 Å². The molecule has 0 amide bonds. The van der Waals surface area contributed by atoms with Crippen LogP contribution in [-0.4, -0.2) is 0 Å². The molecule has 688 valence electrons. The molecular formula is C138H90N2O6. The number of anilines is 6. The van der Waals surface area contributed by atoms with Gasteiger partial charge < -0.3 is 36.3 Å². The van der Waals surface area contributed by atoms with E-state index in [2.05, 4.69) is 438 Å². The molecule has 6 aromatic heterocycles. The summed E-state index contributed by atoms with van der Waals surface area (Å²) in [5, 5.41) is 13.6. The average Bonchev–Trinajstić information content (AvgIpc) is 1.56. The first kappa shape index (κ1) is 84.1. The van der Waals surface area contributed by atoms with Crippen LogP contribution in [0.3, 0.4) is 0 Å². The van der Waals surface area contributed by atoms with E-state index in [-0.39, 0.29) is 10.8 Å². The van der Waals surface area contributed by atoms with E-state index < -0.39 is 0 Å². The Kier molecular flexibility index (Phi) is 19.0. The van der Waals surface area contributed by atoms with Gasteiger partial charge in [-0.2, -0.15) is 0 Å². The molecule has 0 bridgehead atoms. The summed E-state index contributed by atoms with van der Waals surface area (Å²) < 4.78 is 37.4. The van der Waals surface area contributed by atoms with Crippen molar-refractivity contribution in [2.45, 2.75) is 38.5 Å². The van der Waals surface area contributed by atoms with E-state index in [1.54, 1.807) is 0 Å². The van der Waals surface area contributed by atoms with Gasteiger partial charge in [-0.25, -0.2) is 0 Å². The predicted octanol–water partition coefficient (Wildman–Crippen LogP) is 39.7. The summed E-state index contributed by atoms with van der Waals surface area (Å²) in [4.78, 5) is 4.79. The molecule has 0 saturated carbocycles. The van der Waals surface area contributed by atoms with Gasteiger partial charge in [-0.15, -0.1) is 0 Å². The standard InChI is InChI=1S/C72H49NO3.C66H41NO3/c1-71(2)61-36-44(46-21-30-58-55-11-5-8-14-65(55)75-69(58)38-46)19-28-51(61)53-32-26-49(40-63(53)71)73(48-24-17-42(18-25-48)43-23-34-68-60(35-43)57-13-7-10-16-67(57)74-68)50-27-33-54-52-29-20-45(37-62(52)72(3,4)64(54)41-50)47-22-31-59-56-12-6-9-15-66(56)76-70(59)39-47;1-4-10-61-55(7-1)58-36-27-50(40-65(58)69-61)46-17-13-42(14-18-46)44-21-30-52(31-22-44)67(54-34-25-48(26-35-54)49-29-38-64-60(39-49)57-9-3-6-12-63(57)68-64)53-32-23-45(24-33-53)43-15-19-47(20-16-43)51-28-37-59-56-8-2-5-11-62(56)70-66(59)41-51/h5-41H,1-4H3;1-41H. The molecule has 2 aliphatic carbocycles. The Labute approximate surface area is 841 Å². The minimum Gasteiger partial charge on any atom is -0.456 e. The van der Waals surface area contributed by atoms with Crippen molar-refractivity contribution in [2.24, 2.45) is 0 Å². The lowest BCUT2D eigenvalue weighted by Crippen LogP contribution is -2.18. The molecule has 0 saturated heterocycles. The maximum atomic E-state index is 6.35. The van der Waals surface area contributed by atoms with Gasteiger partial charge in [-0.3, -0.25) is 0 Å². The lowest BCUT2D eigenvalue weighted by molar-refractivity contribution is 0.660. The fourth-order valence-electron chi connectivity index (χ4n) is 23.3. The van der Waals surface area contributed by atoms with Crippen molar-refractivity contribution < 1.29 is 26.5 Å². The number of hydrogen-bond donors (Lipinski definition) is 0. The van der Waals surface area contributed by atoms with Gasteiger partial charge in [0.25, 0.3) is 0 Å². The summed E-state index contributed by atoms with van der Waals surface area (Å²) in [6.45, 7) is 9.52. The van der Waals surface area contributed by atoms with Crippen LogP contribution in [-0.2, 0) is 10.8 Å². The second-order valence-electron chi connectivity index (χ2n) is 40.1. The van der Waals surface area contributed by atoms with Gasteiger partial charge in [0.15, 0.2) is 0 Å². The zero-order chi connectivity index (χ0) is 96.7. The predicted molar refractivity (Wildman–Crippen MR) is 605 cm³/mol. The molecule has 0 N–H and O–H groups in total. The Morgan fingerprint density at radius 3 is 0.589 bits per heavy atom. The van der Waals surface area contributed by atoms with Crippen molar-refractivity contribution in [3.05, 3.63) is 495 Å². The first-order valence-corrected chi connectivity index (χ1v) is 50.1. The zero-order valence-corrected chi connectivity index (χ0v) is 80.4. The molecule has 146 heavy (non-hydrogen) atoms. The fraction of sp³-hybridized carbons (Fsp3) is 0.0435. The lowest BCUT2D eigenvalue weighted by atomic mass is 9.81. The fourth-order valence-corrected chi connectivity index (χ4v) is 23.3. The van der Waals surface area contributed by atoms with E-state index in [1.165, 1.54) is 55.6 Å². The number of furan rings is 6. The largest absolute Gasteiger partial charge is 0.456 e. The van der Waals surface area contributed by atoms with Crippen LogP contribution in [0.1, 0.15) is 49.9 Å². The highest BCUT2D eigenvalue weighted by Gasteiger charge is 2.39. The highest BCUT2D eigenvalue weighted by Crippen LogP contribution is 2.56. The van der Waals surface area contributed by atoms with E-state index in [0.717, 1.165) is 244 Å². The Bertz CT molecular complexity index is 9760. The van der Waals surface area contributed by atoms with Gasteiger partial charge in [0.1, 0.15) is 67.0 Å². The highest BCUT2D eigenvalue weighted by molar-refractivity contribution is 6.12. The normalized spacial score (nSPS) is 12.9. The number of hydrogen-bond acceptors (Lipinski definition) is 8. The smallest absolute Gasteiger partial charge is 0.136 e. The second kappa shape index (κ2) is 32.9. The summed E-state index contributed by atoms with van der Waals surface area (Å²) in [6, 6.07) is 170. The summed E-state index contributed by atoms with van der Waals surface area (Å²) >= 11 is 0. The lowest BCUT2D eigenvalue weighted by Gasteiger charge is -2.30. The van der Waals surface area contributed by atoms with Crippen LogP contribution in [0.4, 0.5) is 34.1 Å². The molecule has 22 aromatic carbocycles. The van der Waals surface area contributed by atoms with Crippen LogP contribution in [0.25, 0.3) is 243 Å². The van der Waals surface area contributed by atoms with Crippen molar-refractivity contribution in [1.29, 1.82) is 0 Å². The monoisotopic (exact) mass is 1870 g/mol. The SMILES string of the molecule is CC1(C)c2cc(-c3ccc4c(c3)oc3ccccc34)ccc2-c2ccc(N(c3ccc(-c4ccc5oc6ccccc6c5c4)cc3)c3ccc4c(c3)C(C)(C)c3cc(-c5ccc6c(c5)oc5ccccc56)ccc3-4)cc21.c1ccc2c(c1)oc1cc(-c3ccc(-c4ccc(N(c5ccc(-c6ccc(-c7ccc8c(c7)oc7ccccc78)cc6)cc5)c5ccc(-c6ccc7oc8ccccc8c7c6)cc5)cc4)cc3)ccc12. The van der Waals surface area contributed by atoms with E-state index in [4.69, 9.17) is 26.5 Å². The van der Waals surface area contributed by atoms with Crippen molar-refractivity contribution in [3.63, 3.8) is 0 Å². The van der Waals surface area contributed by atoms with Crippen LogP contribution < -0.4 is 9.80 Å². The van der Waals surface area contributed by atoms with Gasteiger partial charge in [0.05, 0.1) is 0 Å². The van der Waals surface area contributed by atoms with E-state index in [9.17, 15) is 0 Å². The molecule has 0 aliphatic heterocycles. The molecule has 6 heterocycles. The van der Waals surface area contributed by atoms with E-state index in [1.807, 2.05) is 72.8 Å². The molecular weight excluding hydrogens is 1780 g/mol. The van der Waals surface area contributed by atoms with Crippen LogP contribution in [0.5, 0.6) is 0 Å². The van der Waals surface area contributed by atoms with Crippen molar-refractivity contribution in [1.82, 2.24) is 0 Å². The minimum absolute atomic E-state index is 0.264. The first-order valence-electron chi connectivity index (χ1n) is 50.1. The third-order valence-electron chi connectivity index (χ3n) is 31.0. The minimum atomic E-state index is -0.264. The molecule has 0 unspecified atom stereocenters. The van der Waals surface area contributed by atoms with Gasteiger partial charge in [0, 0.05) is 110 Å². The van der Waals surface area contributed by atoms with E-state index in [0.29, 0.717) is 0 Å². The highest BCUT2D eigenvalue weighted by atomic mass is 16.3. The van der Waals surface area contributed by atoms with Crippen LogP contribution in [0, 0.1) is 0 Å². The molecule has 2 aliphatic rings. The molecule has 0 fully saturated rings. The maximum Gasteiger partial charge on any atom is 0.136 e. The number of benzene rings is 22. The Morgan fingerprint density at radius 1 is 0.130 bits per heavy atom. The van der Waals surface area contributed by atoms with Gasteiger partial charge >= 0.3 is 0 Å². The Balaban J connectivity index is 0.000000139.